The lowest BCUT2D eigenvalue weighted by molar-refractivity contribution is -0.137. The molecular weight excluding hydrogens is 403 g/mol. The van der Waals surface area contributed by atoms with Gasteiger partial charge in [0.2, 0.25) is 0 Å². The molecule has 0 fully saturated rings. The predicted octanol–water partition coefficient (Wildman–Crippen LogP) is 6.47. The monoisotopic (exact) mass is 425 g/mol. The van der Waals surface area contributed by atoms with E-state index in [9.17, 15) is 13.2 Å². The summed E-state index contributed by atoms with van der Waals surface area (Å²) in [6.45, 7) is 2.82. The van der Waals surface area contributed by atoms with Gasteiger partial charge in [0.25, 0.3) is 0 Å². The molecule has 1 unspecified atom stereocenters. The third kappa shape index (κ3) is 5.21. The fraction of sp³-hybridized carbons (Fsp3) is 0.333. The Kier molecular flexibility index (Phi) is 6.91. The van der Waals surface area contributed by atoms with Gasteiger partial charge in [-0.3, -0.25) is 0 Å². The van der Waals surface area contributed by atoms with Crippen LogP contribution in [-0.2, 0) is 12.6 Å². The second-order valence-corrected chi connectivity index (χ2v) is 7.77. The van der Waals surface area contributed by atoms with Gasteiger partial charge in [0.1, 0.15) is 11.7 Å². The number of thiophene rings is 1. The van der Waals surface area contributed by atoms with Crippen molar-refractivity contribution in [1.29, 1.82) is 0 Å². The number of halogens is 3. The molecule has 0 aliphatic carbocycles. The molecule has 0 aliphatic rings. The number of fused-ring (bicyclic) bond motifs is 1. The van der Waals surface area contributed by atoms with Crippen molar-refractivity contribution < 1.29 is 17.9 Å². The molecule has 0 spiro atoms. The van der Waals surface area contributed by atoms with Gasteiger partial charge >= 0.3 is 6.18 Å². The lowest BCUT2D eigenvalue weighted by Crippen LogP contribution is -2.20. The number of rotatable bonds is 8. The van der Waals surface area contributed by atoms with Gasteiger partial charge in [-0.15, -0.1) is 24.0 Å². The van der Waals surface area contributed by atoms with Crippen LogP contribution in [0.4, 0.5) is 13.2 Å². The number of aryl methyl sites for hydroxylation is 1. The maximum atomic E-state index is 12.8. The molecule has 2 aromatic carbocycles. The fourth-order valence-electron chi connectivity index (χ4n) is 3.15. The van der Waals surface area contributed by atoms with Crippen LogP contribution in [0.1, 0.15) is 36.1 Å². The van der Waals surface area contributed by atoms with Crippen molar-refractivity contribution >= 4 is 34.1 Å². The van der Waals surface area contributed by atoms with Crippen LogP contribution < -0.4 is 10.1 Å². The van der Waals surface area contributed by atoms with E-state index in [4.69, 9.17) is 4.74 Å². The zero-order valence-corrected chi connectivity index (χ0v) is 17.1. The summed E-state index contributed by atoms with van der Waals surface area (Å²) in [4.78, 5) is 0. The van der Waals surface area contributed by atoms with Crippen molar-refractivity contribution in [3.8, 4) is 5.75 Å². The molecule has 0 aliphatic heterocycles. The van der Waals surface area contributed by atoms with E-state index in [0.717, 1.165) is 30.2 Å². The highest BCUT2D eigenvalue weighted by molar-refractivity contribution is 7.80. The minimum atomic E-state index is -4.29. The minimum absolute atomic E-state index is 0.140. The Hall–Kier alpha value is -1.70. The molecule has 1 heterocycles. The van der Waals surface area contributed by atoms with Crippen LogP contribution in [0.5, 0.6) is 5.75 Å². The number of ether oxygens (including phenoxy) is 1. The first-order chi connectivity index (χ1) is 13.4. The SMILES string of the molecule is CC(NCCCc1cccc(C(F)(F)F)c1)c1csc2ccc(OCS)cc12. The fourth-order valence-corrected chi connectivity index (χ4v) is 4.34. The summed E-state index contributed by atoms with van der Waals surface area (Å²) in [5.41, 5.74) is 1.32. The van der Waals surface area contributed by atoms with Crippen LogP contribution in [0.3, 0.4) is 0 Å². The zero-order chi connectivity index (χ0) is 20.1. The van der Waals surface area contributed by atoms with Gasteiger partial charge in [0.05, 0.1) is 5.56 Å². The molecule has 28 heavy (non-hydrogen) atoms. The van der Waals surface area contributed by atoms with E-state index in [1.165, 1.54) is 22.4 Å². The summed E-state index contributed by atoms with van der Waals surface area (Å²) in [5, 5.41) is 6.77. The van der Waals surface area contributed by atoms with E-state index in [1.54, 1.807) is 17.4 Å². The van der Waals surface area contributed by atoms with Crippen LogP contribution in [0, 0.1) is 0 Å². The van der Waals surface area contributed by atoms with Gasteiger partial charge in [-0.05, 0) is 67.1 Å². The highest BCUT2D eigenvalue weighted by Crippen LogP contribution is 2.33. The summed E-state index contributed by atoms with van der Waals surface area (Å²) in [7, 11) is 0. The van der Waals surface area contributed by atoms with E-state index in [2.05, 4.69) is 30.2 Å². The maximum Gasteiger partial charge on any atom is 0.416 e. The van der Waals surface area contributed by atoms with Crippen molar-refractivity contribution in [2.45, 2.75) is 32.0 Å². The Morgan fingerprint density at radius 3 is 2.75 bits per heavy atom. The van der Waals surface area contributed by atoms with Crippen molar-refractivity contribution in [3.05, 3.63) is 64.5 Å². The van der Waals surface area contributed by atoms with Crippen LogP contribution in [0.2, 0.25) is 0 Å². The van der Waals surface area contributed by atoms with E-state index in [1.807, 2.05) is 18.2 Å². The second kappa shape index (κ2) is 9.20. The summed E-state index contributed by atoms with van der Waals surface area (Å²) in [6, 6.07) is 11.7. The highest BCUT2D eigenvalue weighted by Gasteiger charge is 2.30. The Morgan fingerprint density at radius 1 is 1.18 bits per heavy atom. The topological polar surface area (TPSA) is 21.3 Å². The zero-order valence-electron chi connectivity index (χ0n) is 15.4. The lowest BCUT2D eigenvalue weighted by atomic mass is 10.0. The summed E-state index contributed by atoms with van der Waals surface area (Å²) >= 11 is 5.78. The number of benzene rings is 2. The lowest BCUT2D eigenvalue weighted by Gasteiger charge is -2.14. The molecule has 0 saturated heterocycles. The number of alkyl halides is 3. The molecule has 7 heteroatoms. The second-order valence-electron chi connectivity index (χ2n) is 6.60. The Bertz CT molecular complexity index is 923. The smallest absolute Gasteiger partial charge is 0.416 e. The maximum absolute atomic E-state index is 12.8. The van der Waals surface area contributed by atoms with Crippen LogP contribution in [0.25, 0.3) is 10.1 Å². The van der Waals surface area contributed by atoms with Gasteiger partial charge in [-0.1, -0.05) is 18.2 Å². The molecule has 0 saturated carbocycles. The third-order valence-corrected chi connectivity index (χ3v) is 5.73. The standard InChI is InChI=1S/C21H22F3NOS2/c1-14(19-12-28-20-8-7-17(26-13-27)11-18(19)20)25-9-3-5-15-4-2-6-16(10-15)21(22,23)24/h2,4,6-8,10-12,14,25,27H,3,5,9,13H2,1H3. The Morgan fingerprint density at radius 2 is 2.00 bits per heavy atom. The Balaban J connectivity index is 1.57. The van der Waals surface area contributed by atoms with Crippen LogP contribution in [-0.4, -0.2) is 12.5 Å². The molecule has 0 radical (unpaired) electrons. The first-order valence-corrected chi connectivity index (χ1v) is 10.5. The van der Waals surface area contributed by atoms with Crippen LogP contribution >= 0.6 is 24.0 Å². The van der Waals surface area contributed by atoms with Crippen molar-refractivity contribution in [3.63, 3.8) is 0 Å². The summed E-state index contributed by atoms with van der Waals surface area (Å²) in [6.07, 6.45) is -2.92. The summed E-state index contributed by atoms with van der Waals surface area (Å²) in [5.74, 6) is 1.12. The average molecular weight is 426 g/mol. The molecule has 3 aromatic rings. The summed E-state index contributed by atoms with van der Waals surface area (Å²) < 4.78 is 45.1. The van der Waals surface area contributed by atoms with Crippen molar-refractivity contribution in [2.24, 2.45) is 0 Å². The molecule has 150 valence electrons. The Labute approximate surface area is 172 Å². The third-order valence-electron chi connectivity index (χ3n) is 4.62. The molecule has 0 bridgehead atoms. The largest absolute Gasteiger partial charge is 0.483 e. The van der Waals surface area contributed by atoms with E-state index in [0.29, 0.717) is 17.9 Å². The highest BCUT2D eigenvalue weighted by atomic mass is 32.1. The molecular formula is C21H22F3NOS2. The van der Waals surface area contributed by atoms with Gasteiger partial charge in [-0.2, -0.15) is 13.2 Å². The van der Waals surface area contributed by atoms with Crippen molar-refractivity contribution in [2.75, 3.05) is 12.5 Å². The number of hydrogen-bond donors (Lipinski definition) is 2. The number of nitrogens with one attached hydrogen (secondary N) is 1. The molecule has 0 amide bonds. The minimum Gasteiger partial charge on any atom is -0.483 e. The molecule has 1 N–H and O–H groups in total. The normalized spacial score (nSPS) is 13.0. The predicted molar refractivity (Wildman–Crippen MR) is 112 cm³/mol. The molecule has 2 nitrogen and oxygen atoms in total. The number of thiol groups is 1. The van der Waals surface area contributed by atoms with Gasteiger partial charge in [0, 0.05) is 16.1 Å². The van der Waals surface area contributed by atoms with Gasteiger partial charge in [0.15, 0.2) is 0 Å². The van der Waals surface area contributed by atoms with Gasteiger partial charge in [-0.25, -0.2) is 0 Å². The quantitative estimate of drug-likeness (QED) is 0.245. The molecule has 1 aromatic heterocycles. The van der Waals surface area contributed by atoms with E-state index in [-0.39, 0.29) is 6.04 Å². The molecule has 1 atom stereocenters. The van der Waals surface area contributed by atoms with E-state index < -0.39 is 11.7 Å². The first-order valence-electron chi connectivity index (χ1n) is 9.03. The van der Waals surface area contributed by atoms with Crippen molar-refractivity contribution in [1.82, 2.24) is 5.32 Å². The molecule has 3 rings (SSSR count). The van der Waals surface area contributed by atoms with Crippen LogP contribution in [0.15, 0.2) is 47.8 Å². The average Bonchev–Trinajstić information content (AvgIpc) is 3.08. The van der Waals surface area contributed by atoms with Gasteiger partial charge < -0.3 is 10.1 Å². The van der Waals surface area contributed by atoms with E-state index >= 15 is 0 Å². The first kappa shape index (κ1) is 21.0. The number of hydrogen-bond acceptors (Lipinski definition) is 4.